The summed E-state index contributed by atoms with van der Waals surface area (Å²) in [6.45, 7) is 3.48. The summed E-state index contributed by atoms with van der Waals surface area (Å²) in [5.74, 6) is 1.47. The number of hydrogen-bond acceptors (Lipinski definition) is 5. The van der Waals surface area contributed by atoms with E-state index in [1.807, 2.05) is 37.4 Å². The number of ether oxygens (including phenoxy) is 1. The van der Waals surface area contributed by atoms with Gasteiger partial charge >= 0.3 is 5.69 Å². The van der Waals surface area contributed by atoms with Crippen molar-refractivity contribution in [3.05, 3.63) is 57.0 Å². The van der Waals surface area contributed by atoms with Crippen LogP contribution in [0, 0.1) is 6.92 Å². The number of rotatable bonds is 6. The Morgan fingerprint density at radius 1 is 1.29 bits per heavy atom. The van der Waals surface area contributed by atoms with Gasteiger partial charge < -0.3 is 14.6 Å². The number of nitrogens with zero attached hydrogens (tertiary/aromatic N) is 4. The summed E-state index contributed by atoms with van der Waals surface area (Å²) in [5, 5.41) is 3.38. The molecule has 9 nitrogen and oxygen atoms in total. The van der Waals surface area contributed by atoms with Crippen molar-refractivity contribution in [3.63, 3.8) is 0 Å². The quantitative estimate of drug-likeness (QED) is 0.493. The normalized spacial score (nSPS) is 11.4. The molecule has 0 spiro atoms. The third-order valence-corrected chi connectivity index (χ3v) is 4.87. The minimum Gasteiger partial charge on any atom is -0.497 e. The van der Waals surface area contributed by atoms with E-state index in [2.05, 4.69) is 19.9 Å². The Morgan fingerprint density at radius 2 is 2.11 bits per heavy atom. The Kier molecular flexibility index (Phi) is 4.42. The predicted octanol–water partition coefficient (Wildman–Crippen LogP) is 1.50. The third kappa shape index (κ3) is 2.94. The van der Waals surface area contributed by atoms with Gasteiger partial charge in [0.15, 0.2) is 11.2 Å². The summed E-state index contributed by atoms with van der Waals surface area (Å²) in [6.07, 6.45) is 2.74. The van der Waals surface area contributed by atoms with Gasteiger partial charge in [-0.25, -0.2) is 4.79 Å². The Morgan fingerprint density at radius 3 is 2.89 bits per heavy atom. The summed E-state index contributed by atoms with van der Waals surface area (Å²) in [6, 6.07) is 7.80. The number of fused-ring (bicyclic) bond motifs is 3. The van der Waals surface area contributed by atoms with Crippen LogP contribution >= 0.6 is 0 Å². The zero-order valence-electron chi connectivity index (χ0n) is 16.0. The van der Waals surface area contributed by atoms with Gasteiger partial charge in [0.05, 0.1) is 7.11 Å². The lowest BCUT2D eigenvalue weighted by molar-refractivity contribution is 0.415. The summed E-state index contributed by atoms with van der Waals surface area (Å²) < 4.78 is 10.4. The molecule has 9 heteroatoms. The average Bonchev–Trinajstić information content (AvgIpc) is 3.19. The number of H-pyrrole nitrogens is 1. The van der Waals surface area contributed by atoms with Gasteiger partial charge in [-0.1, -0.05) is 6.07 Å². The standard InChI is InChI=1S/C19H22N6O3/c1-12-11-25-15-16(23(2)19(27)22-17(15)26)21-18(25)24(12)9-5-8-20-13-6-4-7-14(10-13)28-3/h4,6-7,10-11,20H,5,8-9H2,1-3H3,(H,22,26,27). The highest BCUT2D eigenvalue weighted by atomic mass is 16.5. The number of aromatic amines is 1. The number of benzene rings is 1. The van der Waals surface area contributed by atoms with Crippen LogP contribution in [0.3, 0.4) is 0 Å². The van der Waals surface area contributed by atoms with E-state index >= 15 is 0 Å². The van der Waals surface area contributed by atoms with E-state index in [1.165, 1.54) is 4.57 Å². The summed E-state index contributed by atoms with van der Waals surface area (Å²) in [5.41, 5.74) is 1.87. The minimum absolute atomic E-state index is 0.381. The van der Waals surface area contributed by atoms with E-state index in [0.29, 0.717) is 16.9 Å². The molecule has 2 N–H and O–H groups in total. The lowest BCUT2D eigenvalue weighted by Crippen LogP contribution is -2.28. The molecule has 0 saturated carbocycles. The van der Waals surface area contributed by atoms with Gasteiger partial charge in [0.2, 0.25) is 5.78 Å². The fourth-order valence-electron chi connectivity index (χ4n) is 3.40. The fourth-order valence-corrected chi connectivity index (χ4v) is 3.40. The molecule has 0 aliphatic carbocycles. The molecule has 0 unspecified atom stereocenters. The fraction of sp³-hybridized carbons (Fsp3) is 0.316. The van der Waals surface area contributed by atoms with Gasteiger partial charge in [-0.15, -0.1) is 0 Å². The van der Waals surface area contributed by atoms with Gasteiger partial charge in [0.1, 0.15) is 5.75 Å². The average molecular weight is 382 g/mol. The largest absolute Gasteiger partial charge is 0.497 e. The zero-order valence-corrected chi connectivity index (χ0v) is 16.0. The van der Waals surface area contributed by atoms with Crippen LogP contribution in [0.5, 0.6) is 5.75 Å². The monoisotopic (exact) mass is 382 g/mol. The molecule has 0 atom stereocenters. The molecular formula is C19H22N6O3. The molecule has 1 aromatic carbocycles. The van der Waals surface area contributed by atoms with Crippen molar-refractivity contribution in [3.8, 4) is 5.75 Å². The van der Waals surface area contributed by atoms with Crippen LogP contribution in [0.4, 0.5) is 5.69 Å². The molecule has 0 radical (unpaired) electrons. The molecular weight excluding hydrogens is 360 g/mol. The molecule has 0 bridgehead atoms. The van der Waals surface area contributed by atoms with Crippen molar-refractivity contribution in [2.45, 2.75) is 19.9 Å². The van der Waals surface area contributed by atoms with Crippen molar-refractivity contribution < 1.29 is 4.74 Å². The van der Waals surface area contributed by atoms with Crippen LogP contribution < -0.4 is 21.3 Å². The second-order valence-corrected chi connectivity index (χ2v) is 6.71. The first-order valence-electron chi connectivity index (χ1n) is 9.04. The summed E-state index contributed by atoms with van der Waals surface area (Å²) >= 11 is 0. The minimum atomic E-state index is -0.469. The number of anilines is 1. The van der Waals surface area contributed by atoms with Gasteiger partial charge in [0.25, 0.3) is 5.56 Å². The molecule has 3 aromatic heterocycles. The molecule has 146 valence electrons. The van der Waals surface area contributed by atoms with Gasteiger partial charge in [-0.05, 0) is 25.5 Å². The highest BCUT2D eigenvalue weighted by Gasteiger charge is 2.17. The maximum absolute atomic E-state index is 12.3. The van der Waals surface area contributed by atoms with Crippen LogP contribution in [0.15, 0.2) is 40.1 Å². The molecule has 0 aliphatic heterocycles. The molecule has 0 aliphatic rings. The third-order valence-electron chi connectivity index (χ3n) is 4.87. The molecule has 3 heterocycles. The molecule has 4 aromatic rings. The predicted molar refractivity (Wildman–Crippen MR) is 107 cm³/mol. The Labute approximate surface area is 160 Å². The van der Waals surface area contributed by atoms with Crippen molar-refractivity contribution >= 4 is 22.6 Å². The Bertz CT molecular complexity index is 1280. The van der Waals surface area contributed by atoms with Crippen LogP contribution in [-0.2, 0) is 13.6 Å². The Balaban J connectivity index is 1.57. The van der Waals surface area contributed by atoms with Gasteiger partial charge in [-0.2, -0.15) is 4.98 Å². The maximum atomic E-state index is 12.3. The molecule has 0 amide bonds. The number of hydrogen-bond donors (Lipinski definition) is 2. The van der Waals surface area contributed by atoms with Crippen LogP contribution in [0.25, 0.3) is 16.9 Å². The Hall–Kier alpha value is -3.49. The molecule has 0 fully saturated rings. The second kappa shape index (κ2) is 6.91. The highest BCUT2D eigenvalue weighted by Crippen LogP contribution is 2.18. The zero-order chi connectivity index (χ0) is 19.8. The van der Waals surface area contributed by atoms with Crippen molar-refractivity contribution in [2.75, 3.05) is 19.0 Å². The highest BCUT2D eigenvalue weighted by molar-refractivity contribution is 5.75. The van der Waals surface area contributed by atoms with E-state index in [-0.39, 0.29) is 0 Å². The topological polar surface area (TPSA) is 98.4 Å². The van der Waals surface area contributed by atoms with Crippen LogP contribution in [-0.4, -0.2) is 37.2 Å². The van der Waals surface area contributed by atoms with Crippen molar-refractivity contribution in [1.82, 2.24) is 23.5 Å². The second-order valence-electron chi connectivity index (χ2n) is 6.71. The number of aryl methyl sites for hydroxylation is 3. The summed E-state index contributed by atoms with van der Waals surface area (Å²) in [7, 11) is 3.25. The first kappa shape index (κ1) is 17.9. The number of imidazole rings is 2. The van der Waals surface area contributed by atoms with E-state index in [9.17, 15) is 9.59 Å². The first-order valence-corrected chi connectivity index (χ1v) is 9.04. The van der Waals surface area contributed by atoms with E-state index < -0.39 is 11.2 Å². The van der Waals surface area contributed by atoms with Crippen LogP contribution in [0.2, 0.25) is 0 Å². The van der Waals surface area contributed by atoms with Crippen LogP contribution in [0.1, 0.15) is 12.1 Å². The number of aromatic nitrogens is 5. The molecule has 0 saturated heterocycles. The maximum Gasteiger partial charge on any atom is 0.329 e. The molecule has 4 rings (SSSR count). The number of methoxy groups -OCH3 is 1. The molecule has 28 heavy (non-hydrogen) atoms. The smallest absolute Gasteiger partial charge is 0.329 e. The lowest BCUT2D eigenvalue weighted by Gasteiger charge is -2.09. The van der Waals surface area contributed by atoms with Gasteiger partial charge in [0, 0.05) is 43.8 Å². The first-order chi connectivity index (χ1) is 13.5. The van der Waals surface area contributed by atoms with E-state index in [4.69, 9.17) is 4.74 Å². The SMILES string of the molecule is COc1cccc(NCCCn2c(C)cn3c4c(=O)[nH]c(=O)n(C)c4nc23)c1. The van der Waals surface area contributed by atoms with E-state index in [0.717, 1.165) is 36.6 Å². The van der Waals surface area contributed by atoms with Crippen molar-refractivity contribution in [1.29, 1.82) is 0 Å². The van der Waals surface area contributed by atoms with Gasteiger partial charge in [-0.3, -0.25) is 18.7 Å². The lowest BCUT2D eigenvalue weighted by atomic mass is 10.3. The number of nitrogens with one attached hydrogen (secondary N) is 2. The van der Waals surface area contributed by atoms with Crippen molar-refractivity contribution in [2.24, 2.45) is 7.05 Å². The van der Waals surface area contributed by atoms with E-state index in [1.54, 1.807) is 18.6 Å². The summed E-state index contributed by atoms with van der Waals surface area (Å²) in [4.78, 5) is 31.0.